The van der Waals surface area contributed by atoms with Crippen molar-refractivity contribution in [1.82, 2.24) is 0 Å². The van der Waals surface area contributed by atoms with E-state index in [4.69, 9.17) is 5.73 Å². The Kier molecular flexibility index (Phi) is 1.17. The zero-order chi connectivity index (χ0) is 6.15. The highest BCUT2D eigenvalue weighted by atomic mass is 16.6. The van der Waals surface area contributed by atoms with Crippen molar-refractivity contribution in [3.63, 3.8) is 0 Å². The molecule has 8 heavy (non-hydrogen) atoms. The number of nitro groups is 1. The Morgan fingerprint density at radius 2 is 2.50 bits per heavy atom. The van der Waals surface area contributed by atoms with E-state index in [0.717, 1.165) is 0 Å². The van der Waals surface area contributed by atoms with Crippen molar-refractivity contribution in [3.05, 3.63) is 10.1 Å². The summed E-state index contributed by atoms with van der Waals surface area (Å²) in [6.45, 7) is 0.464. The Morgan fingerprint density at radius 3 is 2.62 bits per heavy atom. The maximum Gasteiger partial charge on any atom is 0.217 e. The normalized spacial score (nSPS) is 34.6. The Balaban J connectivity index is 2.26. The summed E-state index contributed by atoms with van der Waals surface area (Å²) in [5.41, 5.74) is 5.16. The Hall–Kier alpha value is -0.640. The highest BCUT2D eigenvalue weighted by molar-refractivity contribution is 4.86. The molecule has 4 nitrogen and oxygen atoms in total. The second-order valence-electron chi connectivity index (χ2n) is 2.08. The average Bonchev–Trinajstić information content (AvgIpc) is 2.42. The first kappa shape index (κ1) is 5.50. The fourth-order valence-corrected chi connectivity index (χ4v) is 0.743. The van der Waals surface area contributed by atoms with Gasteiger partial charge in [0.25, 0.3) is 0 Å². The molecule has 46 valence electrons. The molecule has 2 atom stereocenters. The molecular formula is C4H8N2O2. The molecule has 1 aliphatic rings. The SMILES string of the molecule is NC[C@@H]1C[C@H]1[N+](=O)[O-]. The van der Waals surface area contributed by atoms with Crippen LogP contribution in [0.15, 0.2) is 0 Å². The lowest BCUT2D eigenvalue weighted by atomic mass is 10.4. The van der Waals surface area contributed by atoms with Gasteiger partial charge in [-0.2, -0.15) is 0 Å². The molecule has 0 unspecified atom stereocenters. The smallest absolute Gasteiger partial charge is 0.217 e. The third-order valence-electron chi connectivity index (χ3n) is 1.46. The molecular weight excluding hydrogens is 108 g/mol. The van der Waals surface area contributed by atoms with Gasteiger partial charge < -0.3 is 5.73 Å². The van der Waals surface area contributed by atoms with E-state index in [0.29, 0.717) is 13.0 Å². The van der Waals surface area contributed by atoms with Crippen molar-refractivity contribution < 1.29 is 4.92 Å². The number of nitrogens with zero attached hydrogens (tertiary/aromatic N) is 1. The highest BCUT2D eigenvalue weighted by Gasteiger charge is 2.46. The van der Waals surface area contributed by atoms with E-state index >= 15 is 0 Å². The number of rotatable bonds is 2. The van der Waals surface area contributed by atoms with Crippen molar-refractivity contribution >= 4 is 0 Å². The van der Waals surface area contributed by atoms with Crippen molar-refractivity contribution in [2.45, 2.75) is 12.5 Å². The molecule has 0 heterocycles. The molecule has 0 spiro atoms. The highest BCUT2D eigenvalue weighted by Crippen LogP contribution is 2.31. The lowest BCUT2D eigenvalue weighted by Gasteiger charge is -1.84. The largest absolute Gasteiger partial charge is 0.330 e. The second kappa shape index (κ2) is 1.70. The van der Waals surface area contributed by atoms with Gasteiger partial charge in [0.15, 0.2) is 0 Å². The summed E-state index contributed by atoms with van der Waals surface area (Å²) >= 11 is 0. The molecule has 0 bridgehead atoms. The van der Waals surface area contributed by atoms with E-state index in [2.05, 4.69) is 0 Å². The lowest BCUT2D eigenvalue weighted by Crippen LogP contribution is -2.10. The Morgan fingerprint density at radius 1 is 1.88 bits per heavy atom. The predicted octanol–water partition coefficient (Wildman–Crippen LogP) is -0.390. The molecule has 1 fully saturated rings. The van der Waals surface area contributed by atoms with Crippen molar-refractivity contribution in [2.75, 3.05) is 6.54 Å². The molecule has 0 amide bonds. The maximum absolute atomic E-state index is 9.88. The maximum atomic E-state index is 9.88. The van der Waals surface area contributed by atoms with Gasteiger partial charge in [0, 0.05) is 23.8 Å². The fourth-order valence-electron chi connectivity index (χ4n) is 0.743. The minimum Gasteiger partial charge on any atom is -0.330 e. The Bertz CT molecular complexity index is 115. The van der Waals surface area contributed by atoms with Gasteiger partial charge in [-0.3, -0.25) is 10.1 Å². The standard InChI is InChI=1S/C4H8N2O2/c5-2-3-1-4(3)6(7)8/h3-4H,1-2,5H2/t3-,4+/m0/s1. The minimum absolute atomic E-state index is 0.171. The molecule has 0 aromatic rings. The van der Waals surface area contributed by atoms with Crippen LogP contribution in [0.2, 0.25) is 0 Å². The summed E-state index contributed by atoms with van der Waals surface area (Å²) in [6, 6.07) is -0.319. The molecule has 0 aliphatic heterocycles. The van der Waals surface area contributed by atoms with Gasteiger partial charge >= 0.3 is 0 Å². The summed E-state index contributed by atoms with van der Waals surface area (Å²) in [7, 11) is 0. The first-order valence-corrected chi connectivity index (χ1v) is 2.59. The van der Waals surface area contributed by atoms with Gasteiger partial charge in [0.05, 0.1) is 0 Å². The molecule has 0 saturated heterocycles. The quantitative estimate of drug-likeness (QED) is 0.394. The van der Waals surface area contributed by atoms with Gasteiger partial charge in [-0.15, -0.1) is 0 Å². The first-order chi connectivity index (χ1) is 3.75. The van der Waals surface area contributed by atoms with E-state index in [1.54, 1.807) is 0 Å². The molecule has 1 aliphatic carbocycles. The van der Waals surface area contributed by atoms with E-state index in [1.165, 1.54) is 0 Å². The third kappa shape index (κ3) is 0.790. The van der Waals surface area contributed by atoms with Gasteiger partial charge in [-0.25, -0.2) is 0 Å². The second-order valence-corrected chi connectivity index (χ2v) is 2.08. The van der Waals surface area contributed by atoms with Crippen LogP contribution >= 0.6 is 0 Å². The molecule has 0 radical (unpaired) electrons. The van der Waals surface area contributed by atoms with Gasteiger partial charge in [-0.05, 0) is 0 Å². The molecule has 1 rings (SSSR count). The van der Waals surface area contributed by atoms with Gasteiger partial charge in [-0.1, -0.05) is 0 Å². The Labute approximate surface area is 46.8 Å². The molecule has 2 N–H and O–H groups in total. The summed E-state index contributed by atoms with van der Waals surface area (Å²) in [6.07, 6.45) is 0.684. The van der Waals surface area contributed by atoms with Crippen molar-refractivity contribution in [2.24, 2.45) is 11.7 Å². The number of nitrogens with two attached hydrogens (primary N) is 1. The summed E-state index contributed by atoms with van der Waals surface area (Å²) in [5, 5.41) is 9.88. The van der Waals surface area contributed by atoms with Crippen LogP contribution < -0.4 is 5.73 Å². The minimum atomic E-state index is -0.319. The predicted molar refractivity (Wildman–Crippen MR) is 27.9 cm³/mol. The van der Waals surface area contributed by atoms with E-state index < -0.39 is 0 Å². The number of hydrogen-bond donors (Lipinski definition) is 1. The molecule has 1 saturated carbocycles. The van der Waals surface area contributed by atoms with E-state index in [1.807, 2.05) is 0 Å². The van der Waals surface area contributed by atoms with Crippen LogP contribution in [0.1, 0.15) is 6.42 Å². The summed E-state index contributed by atoms with van der Waals surface area (Å²) < 4.78 is 0. The zero-order valence-corrected chi connectivity index (χ0v) is 4.41. The van der Waals surface area contributed by atoms with Crippen LogP contribution in [-0.4, -0.2) is 17.5 Å². The lowest BCUT2D eigenvalue weighted by molar-refractivity contribution is -0.498. The third-order valence-corrected chi connectivity index (χ3v) is 1.46. The van der Waals surface area contributed by atoms with Crippen molar-refractivity contribution in [1.29, 1.82) is 0 Å². The van der Waals surface area contributed by atoms with Crippen LogP contribution in [0.25, 0.3) is 0 Å². The molecule has 0 aromatic heterocycles. The van der Waals surface area contributed by atoms with E-state index in [-0.39, 0.29) is 16.9 Å². The molecule has 4 heteroatoms. The van der Waals surface area contributed by atoms with Crippen LogP contribution in [0, 0.1) is 16.0 Å². The number of hydrogen-bond acceptors (Lipinski definition) is 3. The van der Waals surface area contributed by atoms with Crippen LogP contribution in [0.4, 0.5) is 0 Å². The van der Waals surface area contributed by atoms with Crippen LogP contribution in [-0.2, 0) is 0 Å². The molecule has 0 aromatic carbocycles. The van der Waals surface area contributed by atoms with Gasteiger partial charge in [0.2, 0.25) is 6.04 Å². The summed E-state index contributed by atoms with van der Waals surface area (Å²) in [5.74, 6) is 0.171. The van der Waals surface area contributed by atoms with E-state index in [9.17, 15) is 10.1 Å². The van der Waals surface area contributed by atoms with Crippen molar-refractivity contribution in [3.8, 4) is 0 Å². The fraction of sp³-hybridized carbons (Fsp3) is 1.00. The van der Waals surface area contributed by atoms with Crippen LogP contribution in [0.3, 0.4) is 0 Å². The zero-order valence-electron chi connectivity index (χ0n) is 4.41. The summed E-state index contributed by atoms with van der Waals surface area (Å²) in [4.78, 5) is 9.63. The first-order valence-electron chi connectivity index (χ1n) is 2.59. The van der Waals surface area contributed by atoms with Crippen LogP contribution in [0.5, 0.6) is 0 Å². The topological polar surface area (TPSA) is 69.2 Å². The monoisotopic (exact) mass is 116 g/mol. The van der Waals surface area contributed by atoms with Gasteiger partial charge in [0.1, 0.15) is 0 Å². The average molecular weight is 116 g/mol.